The van der Waals surface area contributed by atoms with Crippen LogP contribution in [0.2, 0.25) is 0 Å². The van der Waals surface area contributed by atoms with Gasteiger partial charge in [0, 0.05) is 16.8 Å². The van der Waals surface area contributed by atoms with E-state index in [1.807, 2.05) is 0 Å². The number of hydrogen-bond donors (Lipinski definition) is 2. The van der Waals surface area contributed by atoms with Crippen molar-refractivity contribution in [2.75, 3.05) is 0 Å². The summed E-state index contributed by atoms with van der Waals surface area (Å²) in [6, 6.07) is 63.6. The second-order valence-electron chi connectivity index (χ2n) is 12.6. The summed E-state index contributed by atoms with van der Waals surface area (Å²) in [6.45, 7) is 0. The van der Waals surface area contributed by atoms with Crippen LogP contribution in [0, 0.1) is 0 Å². The van der Waals surface area contributed by atoms with Gasteiger partial charge in [0.1, 0.15) is 6.17 Å². The van der Waals surface area contributed by atoms with Gasteiger partial charge in [-0.2, -0.15) is 0 Å². The molecule has 0 saturated carbocycles. The van der Waals surface area contributed by atoms with E-state index in [0.717, 1.165) is 5.70 Å². The summed E-state index contributed by atoms with van der Waals surface area (Å²) in [7, 11) is 0. The first-order valence-electron chi connectivity index (χ1n) is 16.7. The highest BCUT2D eigenvalue weighted by molar-refractivity contribution is 6.14. The van der Waals surface area contributed by atoms with E-state index < -0.39 is 0 Å². The molecule has 0 fully saturated rings. The average molecular weight is 615 g/mol. The quantitative estimate of drug-likeness (QED) is 0.149. The summed E-state index contributed by atoms with van der Waals surface area (Å²) in [5.41, 5.74) is 9.62. The van der Waals surface area contributed by atoms with Crippen LogP contribution < -0.4 is 10.6 Å². The van der Waals surface area contributed by atoms with Crippen LogP contribution in [0.25, 0.3) is 60.3 Å². The van der Waals surface area contributed by atoms with Gasteiger partial charge in [-0.1, -0.05) is 164 Å². The van der Waals surface area contributed by atoms with Crippen LogP contribution in [-0.4, -0.2) is 0 Å². The van der Waals surface area contributed by atoms with Crippen molar-refractivity contribution in [3.05, 3.63) is 199 Å². The zero-order valence-electron chi connectivity index (χ0n) is 26.5. The van der Waals surface area contributed by atoms with Crippen molar-refractivity contribution in [1.82, 2.24) is 10.6 Å². The summed E-state index contributed by atoms with van der Waals surface area (Å²) in [6.07, 6.45) is 2.21. The predicted molar refractivity (Wildman–Crippen MR) is 202 cm³/mol. The SMILES string of the molecule is C1=C(c2ccc(-c3ccccc3)cc2-c2ccccc2)NC(c2c3ccccc3cc3c2ccc2ccccc23)NC1c1ccccc1. The Labute approximate surface area is 281 Å². The molecular weight excluding hydrogens is 581 g/mol. The maximum Gasteiger partial charge on any atom is 0.105 e. The highest BCUT2D eigenvalue weighted by Crippen LogP contribution is 2.41. The lowest BCUT2D eigenvalue weighted by atomic mass is 9.88. The van der Waals surface area contributed by atoms with E-state index in [0.29, 0.717) is 0 Å². The van der Waals surface area contributed by atoms with Crippen LogP contribution in [0.4, 0.5) is 0 Å². The first-order chi connectivity index (χ1) is 23.8. The minimum absolute atomic E-state index is 0.000604. The maximum atomic E-state index is 4.04. The van der Waals surface area contributed by atoms with E-state index in [1.54, 1.807) is 0 Å². The standard InChI is InChI=1S/C46H34N2/c1-4-14-31(15-5-1)35-25-26-39(41(28-35)32-16-6-2-7-17-32)44-30-43(34-19-8-3-9-20-34)47-46(48-44)45-38-23-13-11-21-36(38)29-42-37-22-12-10-18-33(37)24-27-40(42)45/h1-30,43,46-48H. The van der Waals surface area contributed by atoms with Gasteiger partial charge in [-0.05, 0) is 78.3 Å². The number of nitrogens with one attached hydrogen (secondary N) is 2. The topological polar surface area (TPSA) is 24.1 Å². The highest BCUT2D eigenvalue weighted by atomic mass is 15.2. The third kappa shape index (κ3) is 5.04. The molecule has 2 unspecified atom stereocenters. The lowest BCUT2D eigenvalue weighted by molar-refractivity contribution is 0.447. The van der Waals surface area contributed by atoms with E-state index in [-0.39, 0.29) is 12.2 Å². The molecule has 0 bridgehead atoms. The van der Waals surface area contributed by atoms with Crippen LogP contribution in [0.15, 0.2) is 182 Å². The molecule has 48 heavy (non-hydrogen) atoms. The van der Waals surface area contributed by atoms with Crippen LogP contribution in [0.5, 0.6) is 0 Å². The molecule has 2 atom stereocenters. The molecule has 0 amide bonds. The van der Waals surface area contributed by atoms with Crippen molar-refractivity contribution >= 4 is 38.0 Å². The molecule has 2 nitrogen and oxygen atoms in total. The van der Waals surface area contributed by atoms with Crippen molar-refractivity contribution in [3.8, 4) is 22.3 Å². The van der Waals surface area contributed by atoms with E-state index in [4.69, 9.17) is 0 Å². The lowest BCUT2D eigenvalue weighted by Gasteiger charge is -2.35. The van der Waals surface area contributed by atoms with Crippen molar-refractivity contribution < 1.29 is 0 Å². The Kier molecular flexibility index (Phi) is 7.07. The molecule has 0 aliphatic carbocycles. The van der Waals surface area contributed by atoms with Crippen molar-refractivity contribution in [2.45, 2.75) is 12.2 Å². The van der Waals surface area contributed by atoms with Gasteiger partial charge in [0.25, 0.3) is 0 Å². The summed E-state index contributed by atoms with van der Waals surface area (Å²) in [5, 5.41) is 15.6. The summed E-state index contributed by atoms with van der Waals surface area (Å²) < 4.78 is 0. The molecule has 0 aromatic heterocycles. The molecule has 0 spiro atoms. The Balaban J connectivity index is 1.27. The molecule has 0 radical (unpaired) electrons. The maximum absolute atomic E-state index is 4.04. The molecule has 0 saturated heterocycles. The van der Waals surface area contributed by atoms with E-state index >= 15 is 0 Å². The van der Waals surface area contributed by atoms with E-state index in [2.05, 4.69) is 193 Å². The first kappa shape index (κ1) is 28.3. The molecule has 2 heteroatoms. The third-order valence-electron chi connectivity index (χ3n) is 9.74. The monoisotopic (exact) mass is 614 g/mol. The molecule has 9 rings (SSSR count). The highest BCUT2D eigenvalue weighted by Gasteiger charge is 2.28. The molecule has 8 aromatic rings. The Hall–Kier alpha value is -5.96. The summed E-state index contributed by atoms with van der Waals surface area (Å²) >= 11 is 0. The van der Waals surface area contributed by atoms with Crippen molar-refractivity contribution in [1.29, 1.82) is 0 Å². The fourth-order valence-electron chi connectivity index (χ4n) is 7.43. The van der Waals surface area contributed by atoms with Gasteiger partial charge < -0.3 is 5.32 Å². The molecular formula is C46H34N2. The molecule has 228 valence electrons. The van der Waals surface area contributed by atoms with Crippen LogP contribution in [-0.2, 0) is 0 Å². The van der Waals surface area contributed by atoms with Crippen LogP contribution in [0.1, 0.15) is 28.9 Å². The number of benzene rings is 8. The number of fused-ring (bicyclic) bond motifs is 4. The third-order valence-corrected chi connectivity index (χ3v) is 9.74. The smallest absolute Gasteiger partial charge is 0.105 e. The summed E-state index contributed by atoms with van der Waals surface area (Å²) in [5.74, 6) is 0. The second-order valence-corrected chi connectivity index (χ2v) is 12.6. The van der Waals surface area contributed by atoms with Gasteiger partial charge in [0.05, 0.1) is 6.04 Å². The first-order valence-corrected chi connectivity index (χ1v) is 16.7. The predicted octanol–water partition coefficient (Wildman–Crippen LogP) is 11.5. The molecule has 2 N–H and O–H groups in total. The van der Waals surface area contributed by atoms with Gasteiger partial charge >= 0.3 is 0 Å². The average Bonchev–Trinajstić information content (AvgIpc) is 3.17. The molecule has 8 aromatic carbocycles. The minimum Gasteiger partial charge on any atom is -0.366 e. The van der Waals surface area contributed by atoms with Crippen LogP contribution in [0.3, 0.4) is 0 Å². The Bertz CT molecular complexity index is 2450. The van der Waals surface area contributed by atoms with Crippen molar-refractivity contribution in [3.63, 3.8) is 0 Å². The fourth-order valence-corrected chi connectivity index (χ4v) is 7.43. The van der Waals surface area contributed by atoms with Crippen LogP contribution >= 0.6 is 0 Å². The Morgan fingerprint density at radius 3 is 1.81 bits per heavy atom. The van der Waals surface area contributed by atoms with Crippen molar-refractivity contribution in [2.24, 2.45) is 0 Å². The second kappa shape index (κ2) is 12.0. The van der Waals surface area contributed by atoms with Gasteiger partial charge in [0.2, 0.25) is 0 Å². The number of rotatable bonds is 5. The summed E-state index contributed by atoms with van der Waals surface area (Å²) in [4.78, 5) is 0. The van der Waals surface area contributed by atoms with E-state index in [9.17, 15) is 0 Å². The van der Waals surface area contributed by atoms with Gasteiger partial charge in [-0.25, -0.2) is 0 Å². The zero-order chi connectivity index (χ0) is 31.9. The van der Waals surface area contributed by atoms with Gasteiger partial charge in [-0.15, -0.1) is 0 Å². The Morgan fingerprint density at radius 2 is 1.04 bits per heavy atom. The lowest BCUT2D eigenvalue weighted by Crippen LogP contribution is -2.40. The Morgan fingerprint density at radius 1 is 0.396 bits per heavy atom. The molecule has 1 aliphatic rings. The normalized spacial score (nSPS) is 16.1. The van der Waals surface area contributed by atoms with Gasteiger partial charge in [0.15, 0.2) is 0 Å². The molecule has 1 heterocycles. The number of hydrogen-bond acceptors (Lipinski definition) is 2. The largest absolute Gasteiger partial charge is 0.366 e. The van der Waals surface area contributed by atoms with E-state index in [1.165, 1.54) is 71.3 Å². The zero-order valence-corrected chi connectivity index (χ0v) is 26.5. The van der Waals surface area contributed by atoms with Gasteiger partial charge in [-0.3, -0.25) is 5.32 Å². The minimum atomic E-state index is -0.151. The molecule has 1 aliphatic heterocycles. The fraction of sp³-hybridized carbons (Fsp3) is 0.0435.